The first kappa shape index (κ1) is 10.5. The molecule has 84 valence electrons. The van der Waals surface area contributed by atoms with Gasteiger partial charge in [-0.15, -0.1) is 0 Å². The highest BCUT2D eigenvalue weighted by atomic mass is 16.5. The lowest BCUT2D eigenvalue weighted by Gasteiger charge is -2.02. The highest BCUT2D eigenvalue weighted by Gasteiger charge is 2.13. The third kappa shape index (κ3) is 1.71. The van der Waals surface area contributed by atoms with Gasteiger partial charge < -0.3 is 9.47 Å². The lowest BCUT2D eigenvalue weighted by Crippen LogP contribution is -2.04. The van der Waals surface area contributed by atoms with Crippen molar-refractivity contribution in [3.8, 4) is 5.75 Å². The maximum atomic E-state index is 11.6. The molecule has 0 radical (unpaired) electrons. The van der Waals surface area contributed by atoms with Crippen LogP contribution in [-0.4, -0.2) is 29.3 Å². The SMILES string of the molecule is CCOC(=O)c1cnn2ccc(OC)cc12. The molecule has 0 spiro atoms. The zero-order chi connectivity index (χ0) is 11.5. The Balaban J connectivity index is 2.49. The molecule has 2 rings (SSSR count). The minimum absolute atomic E-state index is 0.347. The van der Waals surface area contributed by atoms with Crippen LogP contribution < -0.4 is 4.74 Å². The lowest BCUT2D eigenvalue weighted by atomic mass is 10.2. The van der Waals surface area contributed by atoms with Crippen LogP contribution in [0.1, 0.15) is 17.3 Å². The van der Waals surface area contributed by atoms with Crippen LogP contribution >= 0.6 is 0 Å². The van der Waals surface area contributed by atoms with Gasteiger partial charge in [-0.2, -0.15) is 5.10 Å². The van der Waals surface area contributed by atoms with Crippen molar-refractivity contribution in [2.45, 2.75) is 6.92 Å². The molecule has 0 bridgehead atoms. The quantitative estimate of drug-likeness (QED) is 0.736. The van der Waals surface area contributed by atoms with E-state index >= 15 is 0 Å². The van der Waals surface area contributed by atoms with Crippen LogP contribution in [0.5, 0.6) is 5.75 Å². The van der Waals surface area contributed by atoms with Gasteiger partial charge in [0.1, 0.15) is 11.3 Å². The first-order valence-electron chi connectivity index (χ1n) is 4.94. The minimum atomic E-state index is -0.370. The molecule has 0 atom stereocenters. The van der Waals surface area contributed by atoms with Gasteiger partial charge in [0.05, 0.1) is 25.4 Å². The zero-order valence-electron chi connectivity index (χ0n) is 9.14. The standard InChI is InChI=1S/C11H12N2O3/c1-3-16-11(14)9-7-12-13-5-4-8(15-2)6-10(9)13/h4-7H,3H2,1-2H3. The summed E-state index contributed by atoms with van der Waals surface area (Å²) in [5, 5.41) is 4.06. The van der Waals surface area contributed by atoms with Gasteiger partial charge in [-0.1, -0.05) is 0 Å². The summed E-state index contributed by atoms with van der Waals surface area (Å²) in [7, 11) is 1.58. The van der Waals surface area contributed by atoms with Gasteiger partial charge in [-0.3, -0.25) is 0 Å². The molecule has 16 heavy (non-hydrogen) atoms. The molecule has 0 fully saturated rings. The zero-order valence-corrected chi connectivity index (χ0v) is 9.14. The topological polar surface area (TPSA) is 52.8 Å². The highest BCUT2D eigenvalue weighted by Crippen LogP contribution is 2.18. The molecule has 0 amide bonds. The number of rotatable bonds is 3. The number of hydrogen-bond acceptors (Lipinski definition) is 4. The average Bonchev–Trinajstić information content (AvgIpc) is 2.71. The number of carbonyl (C=O) groups is 1. The summed E-state index contributed by atoms with van der Waals surface area (Å²) >= 11 is 0. The fourth-order valence-corrected chi connectivity index (χ4v) is 1.45. The molecule has 2 aromatic heterocycles. The lowest BCUT2D eigenvalue weighted by molar-refractivity contribution is 0.0528. The van der Waals surface area contributed by atoms with Crippen molar-refractivity contribution in [2.75, 3.05) is 13.7 Å². The summed E-state index contributed by atoms with van der Waals surface area (Å²) in [4.78, 5) is 11.6. The normalized spacial score (nSPS) is 10.4. The molecule has 0 unspecified atom stereocenters. The first-order chi connectivity index (χ1) is 7.76. The Morgan fingerprint density at radius 1 is 1.56 bits per heavy atom. The number of ether oxygens (including phenoxy) is 2. The fraction of sp³-hybridized carbons (Fsp3) is 0.273. The number of methoxy groups -OCH3 is 1. The molecule has 0 saturated carbocycles. The van der Waals surface area contributed by atoms with Crippen LogP contribution in [0.2, 0.25) is 0 Å². The monoisotopic (exact) mass is 220 g/mol. The summed E-state index contributed by atoms with van der Waals surface area (Å²) in [6.45, 7) is 2.12. The number of carbonyl (C=O) groups excluding carboxylic acids is 1. The second-order valence-electron chi connectivity index (χ2n) is 3.18. The van der Waals surface area contributed by atoms with Gasteiger partial charge in [-0.05, 0) is 13.0 Å². The molecule has 2 aromatic rings. The summed E-state index contributed by atoms with van der Waals surface area (Å²) in [5.41, 5.74) is 1.12. The maximum absolute atomic E-state index is 11.6. The van der Waals surface area contributed by atoms with E-state index in [4.69, 9.17) is 9.47 Å². The maximum Gasteiger partial charge on any atom is 0.341 e. The van der Waals surface area contributed by atoms with E-state index < -0.39 is 0 Å². The van der Waals surface area contributed by atoms with Crippen LogP contribution in [-0.2, 0) is 4.74 Å². The summed E-state index contributed by atoms with van der Waals surface area (Å²) in [5.74, 6) is 0.310. The van der Waals surface area contributed by atoms with Gasteiger partial charge in [-0.25, -0.2) is 9.31 Å². The first-order valence-corrected chi connectivity index (χ1v) is 4.94. The second kappa shape index (κ2) is 4.22. The molecule has 0 aliphatic carbocycles. The van der Waals surface area contributed by atoms with E-state index in [9.17, 15) is 4.79 Å². The molecule has 0 N–H and O–H groups in total. The van der Waals surface area contributed by atoms with Crippen molar-refractivity contribution in [2.24, 2.45) is 0 Å². The van der Waals surface area contributed by atoms with Crippen LogP contribution in [0.3, 0.4) is 0 Å². The molecule has 0 aliphatic heterocycles. The molecule has 2 heterocycles. The van der Waals surface area contributed by atoms with Gasteiger partial charge in [0.2, 0.25) is 0 Å². The molecule has 0 aliphatic rings. The van der Waals surface area contributed by atoms with E-state index in [2.05, 4.69) is 5.10 Å². The van der Waals surface area contributed by atoms with E-state index in [0.717, 1.165) is 0 Å². The van der Waals surface area contributed by atoms with E-state index in [1.165, 1.54) is 6.20 Å². The predicted octanol–water partition coefficient (Wildman–Crippen LogP) is 1.52. The van der Waals surface area contributed by atoms with Crippen molar-refractivity contribution in [3.63, 3.8) is 0 Å². The largest absolute Gasteiger partial charge is 0.497 e. The van der Waals surface area contributed by atoms with Crippen molar-refractivity contribution in [1.29, 1.82) is 0 Å². The van der Waals surface area contributed by atoms with Crippen molar-refractivity contribution in [1.82, 2.24) is 9.61 Å². The number of esters is 1. The molecule has 0 saturated heterocycles. The minimum Gasteiger partial charge on any atom is -0.497 e. The van der Waals surface area contributed by atoms with Crippen LogP contribution in [0.25, 0.3) is 5.52 Å². The Morgan fingerprint density at radius 2 is 2.38 bits per heavy atom. The van der Waals surface area contributed by atoms with Crippen molar-refractivity contribution >= 4 is 11.5 Å². The molecular formula is C11H12N2O3. The molecule has 5 nitrogen and oxygen atoms in total. The molecule has 5 heteroatoms. The average molecular weight is 220 g/mol. The van der Waals surface area contributed by atoms with Crippen LogP contribution in [0, 0.1) is 0 Å². The number of pyridine rings is 1. The number of nitrogens with zero attached hydrogens (tertiary/aromatic N) is 2. The van der Waals surface area contributed by atoms with Crippen LogP contribution in [0.4, 0.5) is 0 Å². The Bertz CT molecular complexity index is 519. The van der Waals surface area contributed by atoms with E-state index in [1.54, 1.807) is 36.9 Å². The summed E-state index contributed by atoms with van der Waals surface area (Å²) in [6.07, 6.45) is 3.23. The van der Waals surface area contributed by atoms with Gasteiger partial charge in [0.25, 0.3) is 0 Å². The van der Waals surface area contributed by atoms with Crippen molar-refractivity contribution < 1.29 is 14.3 Å². The van der Waals surface area contributed by atoms with Gasteiger partial charge in [0, 0.05) is 12.3 Å². The smallest absolute Gasteiger partial charge is 0.341 e. The van der Waals surface area contributed by atoms with E-state index in [1.807, 2.05) is 0 Å². The Labute approximate surface area is 92.6 Å². The third-order valence-electron chi connectivity index (χ3n) is 2.22. The van der Waals surface area contributed by atoms with Gasteiger partial charge in [0.15, 0.2) is 0 Å². The van der Waals surface area contributed by atoms with Crippen LogP contribution in [0.15, 0.2) is 24.5 Å². The Morgan fingerprint density at radius 3 is 3.06 bits per heavy atom. The predicted molar refractivity (Wildman–Crippen MR) is 57.7 cm³/mol. The molecular weight excluding hydrogens is 208 g/mol. The molecule has 0 aromatic carbocycles. The highest BCUT2D eigenvalue weighted by molar-refractivity contribution is 5.96. The van der Waals surface area contributed by atoms with E-state index in [-0.39, 0.29) is 5.97 Å². The second-order valence-corrected chi connectivity index (χ2v) is 3.18. The van der Waals surface area contributed by atoms with Crippen molar-refractivity contribution in [3.05, 3.63) is 30.1 Å². The summed E-state index contributed by atoms with van der Waals surface area (Å²) < 4.78 is 11.6. The number of aromatic nitrogens is 2. The third-order valence-corrected chi connectivity index (χ3v) is 2.22. The fourth-order valence-electron chi connectivity index (χ4n) is 1.45. The van der Waals surface area contributed by atoms with Gasteiger partial charge >= 0.3 is 5.97 Å². The summed E-state index contributed by atoms with van der Waals surface area (Å²) in [6, 6.07) is 3.52. The van der Waals surface area contributed by atoms with E-state index in [0.29, 0.717) is 23.4 Å². The number of hydrogen-bond donors (Lipinski definition) is 0. The number of fused-ring (bicyclic) bond motifs is 1. The Kier molecular flexibility index (Phi) is 2.76. The Hall–Kier alpha value is -2.04.